The number of hydrogen-bond acceptors (Lipinski definition) is 3. The van der Waals surface area contributed by atoms with Crippen LogP contribution in [0, 0.1) is 0 Å². The Bertz CT molecular complexity index is 787. The van der Waals surface area contributed by atoms with Gasteiger partial charge in [-0.1, -0.05) is 66.7 Å². The first kappa shape index (κ1) is 17.1. The lowest BCUT2D eigenvalue weighted by Gasteiger charge is -2.14. The van der Waals surface area contributed by atoms with Gasteiger partial charge in [-0.25, -0.2) is 0 Å². The first-order valence-electron chi connectivity index (χ1n) is 8.51. The van der Waals surface area contributed by atoms with E-state index in [0.29, 0.717) is 13.2 Å². The first-order valence-corrected chi connectivity index (χ1v) is 8.51. The van der Waals surface area contributed by atoms with E-state index in [1.807, 2.05) is 61.6 Å². The maximum atomic E-state index is 5.97. The highest BCUT2D eigenvalue weighted by Crippen LogP contribution is 2.29. The first-order chi connectivity index (χ1) is 12.4. The largest absolute Gasteiger partial charge is 0.490 e. The molecular weight excluding hydrogens is 310 g/mol. The minimum Gasteiger partial charge on any atom is -0.490 e. The minimum atomic E-state index is 0.498. The summed E-state index contributed by atoms with van der Waals surface area (Å²) in [4.78, 5) is 0. The summed E-state index contributed by atoms with van der Waals surface area (Å²) in [5.74, 6) is 1.78. The SMILES string of the molecule is CNCc1ccccc1OCCOc1ccccc1-c1ccccc1. The van der Waals surface area contributed by atoms with Crippen molar-refractivity contribution in [1.82, 2.24) is 5.32 Å². The average molecular weight is 333 g/mol. The molecule has 0 bridgehead atoms. The van der Waals surface area contributed by atoms with Crippen molar-refractivity contribution in [3.8, 4) is 22.6 Å². The molecule has 0 unspecified atom stereocenters. The van der Waals surface area contributed by atoms with Crippen molar-refractivity contribution in [1.29, 1.82) is 0 Å². The molecule has 0 aliphatic heterocycles. The number of para-hydroxylation sites is 2. The lowest BCUT2D eigenvalue weighted by atomic mass is 10.1. The Balaban J connectivity index is 1.60. The van der Waals surface area contributed by atoms with Crippen LogP contribution in [-0.2, 0) is 6.54 Å². The molecule has 0 amide bonds. The van der Waals surface area contributed by atoms with Crippen LogP contribution in [0.25, 0.3) is 11.1 Å². The summed E-state index contributed by atoms with van der Waals surface area (Å²) < 4.78 is 11.9. The van der Waals surface area contributed by atoms with Gasteiger partial charge in [0, 0.05) is 17.7 Å². The summed E-state index contributed by atoms with van der Waals surface area (Å²) in [5.41, 5.74) is 3.40. The Labute approximate surface area is 149 Å². The second-order valence-electron chi connectivity index (χ2n) is 5.70. The summed E-state index contributed by atoms with van der Waals surface area (Å²) in [6.45, 7) is 1.79. The monoisotopic (exact) mass is 333 g/mol. The van der Waals surface area contributed by atoms with Gasteiger partial charge < -0.3 is 14.8 Å². The van der Waals surface area contributed by atoms with Crippen molar-refractivity contribution in [3.63, 3.8) is 0 Å². The van der Waals surface area contributed by atoms with Crippen LogP contribution >= 0.6 is 0 Å². The summed E-state index contributed by atoms with van der Waals surface area (Å²) in [6.07, 6.45) is 0. The number of nitrogens with one attached hydrogen (secondary N) is 1. The van der Waals surface area contributed by atoms with Crippen molar-refractivity contribution < 1.29 is 9.47 Å². The molecule has 0 radical (unpaired) electrons. The lowest BCUT2D eigenvalue weighted by Crippen LogP contribution is -2.12. The molecule has 3 nitrogen and oxygen atoms in total. The third kappa shape index (κ3) is 4.61. The van der Waals surface area contributed by atoms with Gasteiger partial charge in [0.05, 0.1) is 0 Å². The van der Waals surface area contributed by atoms with Crippen molar-refractivity contribution in [2.24, 2.45) is 0 Å². The molecule has 0 heterocycles. The van der Waals surface area contributed by atoms with Crippen LogP contribution in [0.1, 0.15) is 5.56 Å². The fourth-order valence-corrected chi connectivity index (χ4v) is 2.73. The van der Waals surface area contributed by atoms with E-state index in [1.54, 1.807) is 0 Å². The topological polar surface area (TPSA) is 30.5 Å². The van der Waals surface area contributed by atoms with Crippen LogP contribution in [0.2, 0.25) is 0 Å². The van der Waals surface area contributed by atoms with Crippen LogP contribution < -0.4 is 14.8 Å². The van der Waals surface area contributed by atoms with Crippen LogP contribution in [0.4, 0.5) is 0 Å². The Morgan fingerprint density at radius 2 is 1.28 bits per heavy atom. The molecule has 128 valence electrons. The van der Waals surface area contributed by atoms with E-state index in [2.05, 4.69) is 29.6 Å². The summed E-state index contributed by atoms with van der Waals surface area (Å²) in [6, 6.07) is 26.4. The third-order valence-corrected chi connectivity index (χ3v) is 3.91. The molecule has 0 saturated heterocycles. The number of benzene rings is 3. The quantitative estimate of drug-likeness (QED) is 0.614. The Morgan fingerprint density at radius 3 is 2.04 bits per heavy atom. The Kier molecular flexibility index (Phi) is 6.07. The fraction of sp³-hybridized carbons (Fsp3) is 0.182. The molecule has 3 heteroatoms. The van der Waals surface area contributed by atoms with E-state index in [0.717, 1.165) is 34.7 Å². The van der Waals surface area contributed by atoms with Gasteiger partial charge in [-0.2, -0.15) is 0 Å². The molecule has 3 aromatic carbocycles. The van der Waals surface area contributed by atoms with E-state index in [1.165, 1.54) is 0 Å². The number of rotatable bonds is 8. The van der Waals surface area contributed by atoms with Crippen molar-refractivity contribution in [2.75, 3.05) is 20.3 Å². The van der Waals surface area contributed by atoms with Crippen LogP contribution in [0.15, 0.2) is 78.9 Å². The highest BCUT2D eigenvalue weighted by atomic mass is 16.5. The van der Waals surface area contributed by atoms with Gasteiger partial charge >= 0.3 is 0 Å². The van der Waals surface area contributed by atoms with Gasteiger partial charge in [-0.15, -0.1) is 0 Å². The molecule has 1 N–H and O–H groups in total. The smallest absolute Gasteiger partial charge is 0.127 e. The zero-order valence-electron chi connectivity index (χ0n) is 14.4. The summed E-state index contributed by atoms with van der Waals surface area (Å²) >= 11 is 0. The summed E-state index contributed by atoms with van der Waals surface area (Å²) in [7, 11) is 1.93. The maximum absolute atomic E-state index is 5.97. The molecule has 0 atom stereocenters. The van der Waals surface area contributed by atoms with Crippen LogP contribution in [-0.4, -0.2) is 20.3 Å². The van der Waals surface area contributed by atoms with E-state index in [4.69, 9.17) is 9.47 Å². The lowest BCUT2D eigenvalue weighted by molar-refractivity contribution is 0.216. The van der Waals surface area contributed by atoms with E-state index in [9.17, 15) is 0 Å². The molecule has 0 saturated carbocycles. The fourth-order valence-electron chi connectivity index (χ4n) is 2.73. The zero-order chi connectivity index (χ0) is 17.3. The predicted molar refractivity (Wildman–Crippen MR) is 102 cm³/mol. The van der Waals surface area contributed by atoms with Crippen molar-refractivity contribution in [3.05, 3.63) is 84.4 Å². The van der Waals surface area contributed by atoms with Crippen LogP contribution in [0.5, 0.6) is 11.5 Å². The molecule has 25 heavy (non-hydrogen) atoms. The second-order valence-corrected chi connectivity index (χ2v) is 5.70. The van der Waals surface area contributed by atoms with Gasteiger partial charge in [0.2, 0.25) is 0 Å². The normalized spacial score (nSPS) is 10.4. The van der Waals surface area contributed by atoms with Crippen molar-refractivity contribution >= 4 is 0 Å². The van der Waals surface area contributed by atoms with E-state index >= 15 is 0 Å². The molecule has 0 aliphatic rings. The highest BCUT2D eigenvalue weighted by molar-refractivity contribution is 5.70. The molecule has 0 aliphatic carbocycles. The standard InChI is InChI=1S/C22H23NO2/c1-23-17-19-11-5-7-13-21(19)24-15-16-25-22-14-8-6-12-20(22)18-9-3-2-4-10-18/h2-14,23H,15-17H2,1H3. The van der Waals surface area contributed by atoms with Gasteiger partial charge in [0.15, 0.2) is 0 Å². The number of hydrogen-bond donors (Lipinski definition) is 1. The maximum Gasteiger partial charge on any atom is 0.127 e. The van der Waals surface area contributed by atoms with Gasteiger partial charge in [0.1, 0.15) is 24.7 Å². The van der Waals surface area contributed by atoms with Gasteiger partial charge in [0.25, 0.3) is 0 Å². The molecule has 0 fully saturated rings. The zero-order valence-corrected chi connectivity index (χ0v) is 14.4. The molecule has 3 aromatic rings. The highest BCUT2D eigenvalue weighted by Gasteiger charge is 2.06. The Morgan fingerprint density at radius 1 is 0.680 bits per heavy atom. The predicted octanol–water partition coefficient (Wildman–Crippen LogP) is 4.53. The molecular formula is C22H23NO2. The minimum absolute atomic E-state index is 0.498. The summed E-state index contributed by atoms with van der Waals surface area (Å²) in [5, 5.41) is 3.16. The van der Waals surface area contributed by atoms with Gasteiger partial charge in [-0.3, -0.25) is 0 Å². The second kappa shape index (κ2) is 8.90. The molecule has 3 rings (SSSR count). The van der Waals surface area contributed by atoms with E-state index in [-0.39, 0.29) is 0 Å². The van der Waals surface area contributed by atoms with Gasteiger partial charge in [-0.05, 0) is 24.7 Å². The Hall–Kier alpha value is -2.78. The van der Waals surface area contributed by atoms with Crippen LogP contribution in [0.3, 0.4) is 0 Å². The van der Waals surface area contributed by atoms with E-state index < -0.39 is 0 Å². The van der Waals surface area contributed by atoms with Crippen molar-refractivity contribution in [2.45, 2.75) is 6.54 Å². The number of ether oxygens (including phenoxy) is 2. The average Bonchev–Trinajstić information content (AvgIpc) is 2.68. The third-order valence-electron chi connectivity index (χ3n) is 3.91. The molecule has 0 aromatic heterocycles. The molecule has 0 spiro atoms.